The monoisotopic (exact) mass is 647 g/mol. The molecule has 8 nitrogen and oxygen atoms in total. The first-order valence-electron chi connectivity index (χ1n) is 14.2. The van der Waals surface area contributed by atoms with Gasteiger partial charge in [-0.25, -0.2) is 8.42 Å². The van der Waals surface area contributed by atoms with Crippen molar-refractivity contribution >= 4 is 50.7 Å². The highest BCUT2D eigenvalue weighted by Crippen LogP contribution is 2.28. The van der Waals surface area contributed by atoms with E-state index >= 15 is 0 Å². The summed E-state index contributed by atoms with van der Waals surface area (Å²) >= 11 is 13.0. The molecular weight excluding hydrogens is 609 g/mol. The average Bonchev–Trinajstić information content (AvgIpc) is 2.98. The lowest BCUT2D eigenvalue weighted by molar-refractivity contribution is -0.141. The lowest BCUT2D eigenvalue weighted by Gasteiger charge is -2.32. The number of unbranched alkanes of at least 4 members (excludes halogenated alkanes) is 1. The first-order valence-corrected chi connectivity index (χ1v) is 16.8. The Balaban J connectivity index is 1.90. The van der Waals surface area contributed by atoms with E-state index in [-0.39, 0.29) is 44.2 Å². The van der Waals surface area contributed by atoms with Gasteiger partial charge in [-0.2, -0.15) is 0 Å². The van der Waals surface area contributed by atoms with Crippen molar-refractivity contribution in [1.82, 2.24) is 10.2 Å². The maximum absolute atomic E-state index is 14.0. The van der Waals surface area contributed by atoms with Gasteiger partial charge < -0.3 is 15.0 Å². The number of hydrogen-bond donors (Lipinski definition) is 1. The van der Waals surface area contributed by atoms with Crippen LogP contribution in [0.25, 0.3) is 0 Å². The number of amides is 2. The van der Waals surface area contributed by atoms with E-state index in [9.17, 15) is 18.0 Å². The Morgan fingerprint density at radius 2 is 1.58 bits per heavy atom. The van der Waals surface area contributed by atoms with Crippen LogP contribution in [0.2, 0.25) is 10.0 Å². The number of carbonyl (C=O) groups excluding carboxylic acids is 2. The molecule has 0 saturated heterocycles. The maximum Gasteiger partial charge on any atom is 0.243 e. The largest absolute Gasteiger partial charge is 0.497 e. The van der Waals surface area contributed by atoms with Crippen molar-refractivity contribution in [3.8, 4) is 5.75 Å². The van der Waals surface area contributed by atoms with Gasteiger partial charge in [-0.3, -0.25) is 13.9 Å². The molecule has 0 spiro atoms. The molecular formula is C32H39Cl2N3O5S. The fraction of sp³-hybridized carbons (Fsp3) is 0.375. The van der Waals surface area contributed by atoms with Gasteiger partial charge in [0.05, 0.1) is 19.1 Å². The van der Waals surface area contributed by atoms with Gasteiger partial charge in [0, 0.05) is 48.1 Å². The molecule has 0 bridgehead atoms. The molecule has 0 radical (unpaired) electrons. The Morgan fingerprint density at radius 1 is 0.930 bits per heavy atom. The lowest BCUT2D eigenvalue weighted by Crippen LogP contribution is -2.50. The summed E-state index contributed by atoms with van der Waals surface area (Å²) in [6.07, 6.45) is 3.35. The molecule has 2 amide bonds. The van der Waals surface area contributed by atoms with Crippen LogP contribution in [0.3, 0.4) is 0 Å². The molecule has 3 rings (SSSR count). The number of halogens is 2. The van der Waals surface area contributed by atoms with Crippen LogP contribution in [-0.4, -0.2) is 57.6 Å². The van der Waals surface area contributed by atoms with E-state index in [0.717, 1.165) is 24.7 Å². The van der Waals surface area contributed by atoms with Gasteiger partial charge in [0.15, 0.2) is 0 Å². The normalized spacial score (nSPS) is 11.9. The number of anilines is 1. The summed E-state index contributed by atoms with van der Waals surface area (Å²) in [5, 5.41) is 3.76. The molecule has 232 valence electrons. The highest BCUT2D eigenvalue weighted by Gasteiger charge is 2.31. The van der Waals surface area contributed by atoms with Crippen molar-refractivity contribution in [2.24, 2.45) is 0 Å². The number of nitrogens with zero attached hydrogens (tertiary/aromatic N) is 2. The second kappa shape index (κ2) is 16.5. The molecule has 3 aromatic rings. The minimum atomic E-state index is -3.63. The van der Waals surface area contributed by atoms with E-state index in [4.69, 9.17) is 27.9 Å². The van der Waals surface area contributed by atoms with Crippen LogP contribution in [0, 0.1) is 0 Å². The van der Waals surface area contributed by atoms with Gasteiger partial charge in [0.1, 0.15) is 11.8 Å². The summed E-state index contributed by atoms with van der Waals surface area (Å²) in [6, 6.07) is 20.4. The van der Waals surface area contributed by atoms with E-state index < -0.39 is 16.1 Å². The van der Waals surface area contributed by atoms with Gasteiger partial charge >= 0.3 is 0 Å². The Hall–Kier alpha value is -3.27. The zero-order valence-corrected chi connectivity index (χ0v) is 27.1. The number of carbonyl (C=O) groups is 2. The topological polar surface area (TPSA) is 96.0 Å². The lowest BCUT2D eigenvalue weighted by atomic mass is 10.0. The molecule has 0 aliphatic heterocycles. The zero-order chi connectivity index (χ0) is 31.4. The first kappa shape index (κ1) is 34.2. The third-order valence-electron chi connectivity index (χ3n) is 7.00. The average molecular weight is 649 g/mol. The summed E-state index contributed by atoms with van der Waals surface area (Å²) in [5.41, 5.74) is 1.89. The van der Waals surface area contributed by atoms with Crippen molar-refractivity contribution in [1.29, 1.82) is 0 Å². The van der Waals surface area contributed by atoms with Crippen LogP contribution in [0.4, 0.5) is 5.69 Å². The number of ether oxygens (including phenoxy) is 1. The predicted octanol–water partition coefficient (Wildman–Crippen LogP) is 6.10. The van der Waals surface area contributed by atoms with Crippen LogP contribution in [-0.2, 0) is 32.6 Å². The molecule has 0 saturated carbocycles. The molecule has 1 N–H and O–H groups in total. The van der Waals surface area contributed by atoms with E-state index in [1.165, 1.54) is 16.3 Å². The smallest absolute Gasteiger partial charge is 0.243 e. The second-order valence-corrected chi connectivity index (χ2v) is 12.9. The van der Waals surface area contributed by atoms with Crippen molar-refractivity contribution in [3.63, 3.8) is 0 Å². The summed E-state index contributed by atoms with van der Waals surface area (Å²) in [6.45, 7) is 2.61. The van der Waals surface area contributed by atoms with Gasteiger partial charge in [-0.15, -0.1) is 0 Å². The summed E-state index contributed by atoms with van der Waals surface area (Å²) < 4.78 is 31.8. The number of benzene rings is 3. The standard InChI is InChI=1S/C32H39Cl2N3O5S/c1-4-5-20-35-32(39)30(22-24-11-7-6-8-12-24)36(23-27-28(33)13-9-14-29(27)34)31(38)15-10-21-37(43(3,40)41)25-16-18-26(42-2)19-17-25/h6-9,11-14,16-19,30H,4-5,10,15,20-23H2,1-3H3,(H,35,39). The molecule has 0 aliphatic rings. The van der Waals surface area contributed by atoms with E-state index in [2.05, 4.69) is 5.32 Å². The molecule has 0 heterocycles. The number of rotatable bonds is 16. The minimum Gasteiger partial charge on any atom is -0.497 e. The fourth-order valence-electron chi connectivity index (χ4n) is 4.67. The van der Waals surface area contributed by atoms with Gasteiger partial charge in [0.2, 0.25) is 21.8 Å². The quantitative estimate of drug-likeness (QED) is 0.189. The SMILES string of the molecule is CCCCNC(=O)C(Cc1ccccc1)N(Cc1c(Cl)cccc1Cl)C(=O)CCCN(c1ccc(OC)cc1)S(C)(=O)=O. The zero-order valence-electron chi connectivity index (χ0n) is 24.8. The Labute approximate surface area is 265 Å². The van der Waals surface area contributed by atoms with Crippen molar-refractivity contribution < 1.29 is 22.7 Å². The Morgan fingerprint density at radius 3 is 2.16 bits per heavy atom. The van der Waals surface area contributed by atoms with E-state index in [1.54, 1.807) is 42.5 Å². The van der Waals surface area contributed by atoms with Crippen LogP contribution >= 0.6 is 23.2 Å². The number of hydrogen-bond acceptors (Lipinski definition) is 5. The van der Waals surface area contributed by atoms with E-state index in [1.807, 2.05) is 37.3 Å². The second-order valence-electron chi connectivity index (χ2n) is 10.2. The molecule has 0 fully saturated rings. The summed E-state index contributed by atoms with van der Waals surface area (Å²) in [5.74, 6) is 0.0125. The Bertz CT molecular complexity index is 1430. The minimum absolute atomic E-state index is 0.00221. The predicted molar refractivity (Wildman–Crippen MR) is 173 cm³/mol. The van der Waals surface area contributed by atoms with Crippen LogP contribution in [0.5, 0.6) is 5.75 Å². The van der Waals surface area contributed by atoms with E-state index in [0.29, 0.717) is 33.6 Å². The first-order chi connectivity index (χ1) is 20.5. The molecule has 3 aromatic carbocycles. The van der Waals surface area contributed by atoms with Crippen LogP contribution in [0.1, 0.15) is 43.7 Å². The highest BCUT2D eigenvalue weighted by molar-refractivity contribution is 7.92. The molecule has 1 unspecified atom stereocenters. The third-order valence-corrected chi connectivity index (χ3v) is 8.91. The molecule has 11 heteroatoms. The molecule has 1 atom stereocenters. The number of sulfonamides is 1. The molecule has 0 aliphatic carbocycles. The molecule has 43 heavy (non-hydrogen) atoms. The van der Waals surface area contributed by atoms with Gasteiger partial charge in [0.25, 0.3) is 0 Å². The molecule has 0 aromatic heterocycles. The fourth-order valence-corrected chi connectivity index (χ4v) is 6.15. The van der Waals surface area contributed by atoms with Crippen molar-refractivity contribution in [2.45, 2.75) is 51.6 Å². The van der Waals surface area contributed by atoms with Gasteiger partial charge in [-0.05, 0) is 54.8 Å². The maximum atomic E-state index is 14.0. The number of nitrogens with one attached hydrogen (secondary N) is 1. The number of methoxy groups -OCH3 is 1. The summed E-state index contributed by atoms with van der Waals surface area (Å²) in [4.78, 5) is 29.1. The van der Waals surface area contributed by atoms with Crippen LogP contribution < -0.4 is 14.4 Å². The summed E-state index contributed by atoms with van der Waals surface area (Å²) in [7, 11) is -2.10. The van der Waals surface area contributed by atoms with Crippen molar-refractivity contribution in [2.75, 3.05) is 30.8 Å². The van der Waals surface area contributed by atoms with Gasteiger partial charge in [-0.1, -0.05) is 72.9 Å². The highest BCUT2D eigenvalue weighted by atomic mass is 35.5. The van der Waals surface area contributed by atoms with Crippen molar-refractivity contribution in [3.05, 3.63) is 94.0 Å². The third kappa shape index (κ3) is 10.2. The van der Waals surface area contributed by atoms with Crippen LogP contribution in [0.15, 0.2) is 72.8 Å². The Kier molecular flexibility index (Phi) is 13.2.